The quantitative estimate of drug-likeness (QED) is 0.455. The smallest absolute Gasteiger partial charge is 0.453 e. The van der Waals surface area contributed by atoms with Crippen molar-refractivity contribution in [3.05, 3.63) is 0 Å². The van der Waals surface area contributed by atoms with Crippen molar-refractivity contribution in [1.82, 2.24) is 4.90 Å². The molecule has 3 saturated heterocycles. The standard InChI is InChI=1S/C6H12NO3.Al/c8-4-1-7(2-5-9)3-6-10;/h1-6H2;/q-3;+3. The lowest BCUT2D eigenvalue weighted by Crippen LogP contribution is -2.45. The van der Waals surface area contributed by atoms with Crippen LogP contribution in [0.3, 0.4) is 0 Å². The molecule has 0 radical (unpaired) electrons. The molecule has 0 N–H and O–H groups in total. The first-order valence-electron chi connectivity index (χ1n) is 4.02. The molecule has 11 heavy (non-hydrogen) atoms. The Kier molecular flexibility index (Phi) is 2.80. The molecule has 3 heterocycles. The second-order valence-corrected chi connectivity index (χ2v) is 4.32. The lowest BCUT2D eigenvalue weighted by Gasteiger charge is -2.30. The molecule has 3 aliphatic heterocycles. The fraction of sp³-hybridized carbons (Fsp3) is 1.00. The van der Waals surface area contributed by atoms with E-state index in [2.05, 4.69) is 4.90 Å². The molecule has 5 heteroatoms. The summed E-state index contributed by atoms with van der Waals surface area (Å²) in [6.07, 6.45) is 0. The molecule has 0 aromatic heterocycles. The van der Waals surface area contributed by atoms with Gasteiger partial charge >= 0.3 is 15.1 Å². The van der Waals surface area contributed by atoms with Gasteiger partial charge in [0.05, 0.1) is 0 Å². The molecular weight excluding hydrogens is 161 g/mol. The first-order chi connectivity index (χ1) is 5.45. The van der Waals surface area contributed by atoms with Crippen molar-refractivity contribution in [1.29, 1.82) is 0 Å². The Morgan fingerprint density at radius 3 is 1.73 bits per heavy atom. The molecule has 62 valence electrons. The zero-order valence-electron chi connectivity index (χ0n) is 6.49. The van der Waals surface area contributed by atoms with Crippen molar-refractivity contribution >= 4 is 15.1 Å². The van der Waals surface area contributed by atoms with Gasteiger partial charge in [-0.15, -0.1) is 0 Å². The number of hydrogen-bond donors (Lipinski definition) is 0. The maximum Gasteiger partial charge on any atom is 0.905 e. The van der Waals surface area contributed by atoms with Crippen LogP contribution in [0.5, 0.6) is 0 Å². The highest BCUT2D eigenvalue weighted by molar-refractivity contribution is 6.36. The van der Waals surface area contributed by atoms with Crippen LogP contribution < -0.4 is 0 Å². The third-order valence-corrected chi connectivity index (χ3v) is 3.51. The second kappa shape index (κ2) is 3.86. The van der Waals surface area contributed by atoms with E-state index in [1.54, 1.807) is 0 Å². The molecule has 4 nitrogen and oxygen atoms in total. The first-order valence-corrected chi connectivity index (χ1v) is 5.44. The number of rotatable bonds is 0. The van der Waals surface area contributed by atoms with E-state index < -0.39 is 15.1 Å². The molecule has 0 atom stereocenters. The van der Waals surface area contributed by atoms with Gasteiger partial charge in [0.1, 0.15) is 0 Å². The first kappa shape index (κ1) is 7.99. The van der Waals surface area contributed by atoms with Gasteiger partial charge in [0, 0.05) is 39.5 Å². The van der Waals surface area contributed by atoms with E-state index in [9.17, 15) is 0 Å². The summed E-state index contributed by atoms with van der Waals surface area (Å²) in [6, 6.07) is 0. The Morgan fingerprint density at radius 2 is 1.27 bits per heavy atom. The van der Waals surface area contributed by atoms with Crippen LogP contribution in [0.4, 0.5) is 0 Å². The van der Waals surface area contributed by atoms with Crippen molar-refractivity contribution in [3.8, 4) is 0 Å². The fourth-order valence-electron chi connectivity index (χ4n) is 1.31. The van der Waals surface area contributed by atoms with Gasteiger partial charge in [0.15, 0.2) is 0 Å². The van der Waals surface area contributed by atoms with E-state index in [0.29, 0.717) is 0 Å². The molecule has 0 aliphatic carbocycles. The van der Waals surface area contributed by atoms with Crippen LogP contribution >= 0.6 is 0 Å². The Morgan fingerprint density at radius 1 is 0.818 bits per heavy atom. The van der Waals surface area contributed by atoms with E-state index in [1.807, 2.05) is 0 Å². The van der Waals surface area contributed by atoms with Gasteiger partial charge in [-0.3, -0.25) is 4.90 Å². The molecule has 3 rings (SSSR count). The third-order valence-electron chi connectivity index (χ3n) is 1.98. The summed E-state index contributed by atoms with van der Waals surface area (Å²) in [5.74, 6) is 0. The normalized spacial score (nSPS) is 27.8. The molecule has 0 unspecified atom stereocenters. The summed E-state index contributed by atoms with van der Waals surface area (Å²) in [4.78, 5) is 2.31. The van der Waals surface area contributed by atoms with Crippen molar-refractivity contribution in [3.63, 3.8) is 0 Å². The SMILES string of the molecule is C1CN2CC[O][Al]([O]1)[O]CC2. The van der Waals surface area contributed by atoms with Crippen LogP contribution in [0.1, 0.15) is 0 Å². The largest absolute Gasteiger partial charge is 0.905 e. The molecule has 0 aromatic carbocycles. The predicted octanol–water partition coefficient (Wildman–Crippen LogP) is -0.650. The maximum absolute atomic E-state index is 5.41. The summed E-state index contributed by atoms with van der Waals surface area (Å²) in [6.45, 7) is 5.44. The minimum absolute atomic E-state index is 0.775. The van der Waals surface area contributed by atoms with E-state index in [1.165, 1.54) is 0 Å². The Hall–Kier alpha value is 0.372. The van der Waals surface area contributed by atoms with Crippen molar-refractivity contribution in [2.75, 3.05) is 39.5 Å². The monoisotopic (exact) mass is 173 g/mol. The van der Waals surface area contributed by atoms with E-state index in [0.717, 1.165) is 39.5 Å². The zero-order chi connectivity index (χ0) is 7.52. The predicted molar refractivity (Wildman–Crippen MR) is 40.1 cm³/mol. The number of fused-ring (bicyclic) bond motifs is 6. The van der Waals surface area contributed by atoms with E-state index in [-0.39, 0.29) is 0 Å². The van der Waals surface area contributed by atoms with Gasteiger partial charge < -0.3 is 11.4 Å². The topological polar surface area (TPSA) is 30.9 Å². The zero-order valence-corrected chi connectivity index (χ0v) is 7.65. The van der Waals surface area contributed by atoms with Crippen LogP contribution in [0.15, 0.2) is 0 Å². The van der Waals surface area contributed by atoms with Gasteiger partial charge in [-0.1, -0.05) is 0 Å². The van der Waals surface area contributed by atoms with Gasteiger partial charge in [0.25, 0.3) is 0 Å². The van der Waals surface area contributed by atoms with E-state index >= 15 is 0 Å². The highest BCUT2D eigenvalue weighted by atomic mass is 27.3. The highest BCUT2D eigenvalue weighted by Crippen LogP contribution is 2.03. The molecule has 0 spiro atoms. The number of hydrogen-bond acceptors (Lipinski definition) is 4. The summed E-state index contributed by atoms with van der Waals surface area (Å²) in [5.41, 5.74) is 0. The fourth-order valence-corrected chi connectivity index (χ4v) is 2.50. The Bertz CT molecular complexity index is 99.2. The maximum atomic E-state index is 5.41. The molecule has 0 amide bonds. The van der Waals surface area contributed by atoms with Crippen molar-refractivity contribution in [2.45, 2.75) is 0 Å². The summed E-state index contributed by atoms with van der Waals surface area (Å²) < 4.78 is 16.2. The highest BCUT2D eigenvalue weighted by Gasteiger charge is 2.34. The molecular formula is C6H12AlNO3. The third kappa shape index (κ3) is 2.15. The molecule has 0 saturated carbocycles. The van der Waals surface area contributed by atoms with Gasteiger partial charge in [0.2, 0.25) is 0 Å². The molecule has 2 bridgehead atoms. The van der Waals surface area contributed by atoms with Crippen LogP contribution in [0, 0.1) is 0 Å². The van der Waals surface area contributed by atoms with Gasteiger partial charge in [-0.05, 0) is 0 Å². The van der Waals surface area contributed by atoms with Gasteiger partial charge in [-0.2, -0.15) is 0 Å². The van der Waals surface area contributed by atoms with Crippen molar-refractivity contribution < 1.29 is 11.4 Å². The molecule has 3 aliphatic rings. The Labute approximate surface area is 71.4 Å². The van der Waals surface area contributed by atoms with Crippen LogP contribution in [0.25, 0.3) is 0 Å². The minimum Gasteiger partial charge on any atom is -0.453 e. The minimum atomic E-state index is -1.69. The second-order valence-electron chi connectivity index (χ2n) is 2.74. The summed E-state index contributed by atoms with van der Waals surface area (Å²) >= 11 is -1.69. The van der Waals surface area contributed by atoms with Crippen molar-refractivity contribution in [2.24, 2.45) is 0 Å². The number of nitrogens with zero attached hydrogens (tertiary/aromatic N) is 1. The van der Waals surface area contributed by atoms with Crippen LogP contribution in [-0.4, -0.2) is 59.5 Å². The molecule has 3 fully saturated rings. The van der Waals surface area contributed by atoms with Crippen LogP contribution in [-0.2, 0) is 11.4 Å². The lowest BCUT2D eigenvalue weighted by atomic mass is 10.4. The lowest BCUT2D eigenvalue weighted by molar-refractivity contribution is 0.0157. The summed E-state index contributed by atoms with van der Waals surface area (Å²) in [7, 11) is 0. The van der Waals surface area contributed by atoms with Crippen LogP contribution in [0.2, 0.25) is 0 Å². The van der Waals surface area contributed by atoms with E-state index in [4.69, 9.17) is 11.4 Å². The average molecular weight is 173 g/mol. The molecule has 0 aromatic rings. The van der Waals surface area contributed by atoms with Gasteiger partial charge in [-0.25, -0.2) is 0 Å². The Balaban J connectivity index is 1.96. The summed E-state index contributed by atoms with van der Waals surface area (Å²) in [5, 5.41) is 0. The average Bonchev–Trinajstić information content (AvgIpc) is 1.80.